The summed E-state index contributed by atoms with van der Waals surface area (Å²) in [5, 5.41) is 10.8. The van der Waals surface area contributed by atoms with Crippen molar-refractivity contribution in [3.63, 3.8) is 0 Å². The fourth-order valence-corrected chi connectivity index (χ4v) is 2.92. The molecule has 0 saturated carbocycles. The van der Waals surface area contributed by atoms with E-state index < -0.39 is 23.5 Å². The molecule has 31 heavy (non-hydrogen) atoms. The molecule has 11 heteroatoms. The Morgan fingerprint density at radius 3 is 2.61 bits per heavy atom. The topological polar surface area (TPSA) is 71.3 Å². The van der Waals surface area contributed by atoms with Crippen LogP contribution in [0.2, 0.25) is 5.15 Å². The zero-order valence-corrected chi connectivity index (χ0v) is 16.8. The van der Waals surface area contributed by atoms with E-state index in [0.717, 1.165) is 16.8 Å². The first-order chi connectivity index (χ1) is 14.6. The molecule has 0 aliphatic rings. The quantitative estimate of drug-likeness (QED) is 0.327. The van der Waals surface area contributed by atoms with Gasteiger partial charge in [-0.05, 0) is 49.4 Å². The summed E-state index contributed by atoms with van der Waals surface area (Å²) in [6.45, 7) is 1.49. The molecule has 2 aromatic carbocycles. The molecule has 0 bridgehead atoms. The molecule has 1 heterocycles. The number of carbonyl (C=O) groups excluding carboxylic acids is 1. The van der Waals surface area contributed by atoms with Gasteiger partial charge >= 0.3 is 6.18 Å². The van der Waals surface area contributed by atoms with Crippen molar-refractivity contribution < 1.29 is 22.4 Å². The summed E-state index contributed by atoms with van der Waals surface area (Å²) < 4.78 is 52.9. The van der Waals surface area contributed by atoms with Crippen molar-refractivity contribution in [2.75, 3.05) is 11.9 Å². The zero-order chi connectivity index (χ0) is 22.6. The number of halogens is 5. The summed E-state index contributed by atoms with van der Waals surface area (Å²) >= 11 is 6.27. The highest BCUT2D eigenvalue weighted by Crippen LogP contribution is 2.31. The van der Waals surface area contributed by atoms with Gasteiger partial charge in [-0.2, -0.15) is 23.4 Å². The SMILES string of the molecule is Cc1nn(-c2cccc(C(F)(F)F)c2)c(Cl)c1/C=N\NC(=O)CNc1ccc(F)cc1. The summed E-state index contributed by atoms with van der Waals surface area (Å²) in [6, 6.07) is 10.1. The van der Waals surface area contributed by atoms with Crippen LogP contribution in [0.15, 0.2) is 53.6 Å². The number of amides is 1. The highest BCUT2D eigenvalue weighted by atomic mass is 35.5. The molecule has 6 nitrogen and oxygen atoms in total. The van der Waals surface area contributed by atoms with Crippen molar-refractivity contribution in [1.29, 1.82) is 0 Å². The van der Waals surface area contributed by atoms with Gasteiger partial charge in [-0.3, -0.25) is 4.79 Å². The van der Waals surface area contributed by atoms with Crippen molar-refractivity contribution in [2.24, 2.45) is 5.10 Å². The van der Waals surface area contributed by atoms with Gasteiger partial charge in [0.15, 0.2) is 0 Å². The van der Waals surface area contributed by atoms with Crippen LogP contribution >= 0.6 is 11.6 Å². The van der Waals surface area contributed by atoms with E-state index in [9.17, 15) is 22.4 Å². The van der Waals surface area contributed by atoms with E-state index >= 15 is 0 Å². The Kier molecular flexibility index (Phi) is 6.59. The number of hydrazone groups is 1. The van der Waals surface area contributed by atoms with Gasteiger partial charge in [0.1, 0.15) is 11.0 Å². The number of carbonyl (C=O) groups is 1. The lowest BCUT2D eigenvalue weighted by molar-refractivity contribution is -0.137. The second-order valence-corrected chi connectivity index (χ2v) is 6.76. The van der Waals surface area contributed by atoms with Crippen LogP contribution in [0.25, 0.3) is 5.69 Å². The summed E-state index contributed by atoms with van der Waals surface area (Å²) in [7, 11) is 0. The van der Waals surface area contributed by atoms with Gasteiger partial charge in [-0.15, -0.1) is 0 Å². The normalized spacial score (nSPS) is 11.7. The van der Waals surface area contributed by atoms with Crippen LogP contribution in [-0.4, -0.2) is 28.4 Å². The summed E-state index contributed by atoms with van der Waals surface area (Å²) in [5.41, 5.74) is 2.90. The van der Waals surface area contributed by atoms with Crippen LogP contribution in [-0.2, 0) is 11.0 Å². The zero-order valence-electron chi connectivity index (χ0n) is 16.0. The summed E-state index contributed by atoms with van der Waals surface area (Å²) in [6.07, 6.45) is -3.24. The van der Waals surface area contributed by atoms with E-state index in [4.69, 9.17) is 11.6 Å². The van der Waals surface area contributed by atoms with Gasteiger partial charge in [0.2, 0.25) is 0 Å². The number of hydrogen-bond donors (Lipinski definition) is 2. The Labute approximate surface area is 179 Å². The van der Waals surface area contributed by atoms with E-state index in [2.05, 4.69) is 20.9 Å². The van der Waals surface area contributed by atoms with Crippen molar-refractivity contribution in [3.8, 4) is 5.69 Å². The van der Waals surface area contributed by atoms with E-state index in [0.29, 0.717) is 16.9 Å². The molecule has 0 spiro atoms. The molecule has 0 aliphatic carbocycles. The standard InChI is InChI=1S/C20H16ClF4N5O/c1-12-17(10-27-28-18(31)11-26-15-7-5-14(22)6-8-15)19(21)30(29-12)16-4-2-3-13(9-16)20(23,24)25/h2-10,26H,11H2,1H3,(H,28,31)/b27-10-. The minimum Gasteiger partial charge on any atom is -0.376 e. The number of hydrogen-bond acceptors (Lipinski definition) is 4. The molecule has 0 aliphatic heterocycles. The van der Waals surface area contributed by atoms with Crippen LogP contribution in [0.5, 0.6) is 0 Å². The number of aryl methyl sites for hydroxylation is 1. The Hall–Kier alpha value is -3.40. The van der Waals surface area contributed by atoms with Gasteiger partial charge in [0.05, 0.1) is 35.3 Å². The Morgan fingerprint density at radius 1 is 1.23 bits per heavy atom. The molecule has 1 aromatic heterocycles. The van der Waals surface area contributed by atoms with Gasteiger partial charge in [0.25, 0.3) is 5.91 Å². The molecular formula is C20H16ClF4N5O. The molecule has 0 unspecified atom stereocenters. The largest absolute Gasteiger partial charge is 0.416 e. The maximum absolute atomic E-state index is 13.0. The monoisotopic (exact) mass is 453 g/mol. The smallest absolute Gasteiger partial charge is 0.376 e. The molecule has 162 valence electrons. The first-order valence-corrected chi connectivity index (χ1v) is 9.27. The number of anilines is 1. The predicted molar refractivity (Wildman–Crippen MR) is 109 cm³/mol. The number of nitrogens with zero attached hydrogens (tertiary/aromatic N) is 3. The van der Waals surface area contributed by atoms with E-state index in [1.165, 1.54) is 42.6 Å². The lowest BCUT2D eigenvalue weighted by atomic mass is 10.2. The minimum atomic E-state index is -4.50. The molecule has 0 radical (unpaired) electrons. The predicted octanol–water partition coefficient (Wildman–Crippen LogP) is 4.55. The van der Waals surface area contributed by atoms with Gasteiger partial charge in [-0.25, -0.2) is 14.5 Å². The summed E-state index contributed by atoms with van der Waals surface area (Å²) in [4.78, 5) is 11.9. The van der Waals surface area contributed by atoms with Crippen LogP contribution in [0.3, 0.4) is 0 Å². The molecule has 2 N–H and O–H groups in total. The third-order valence-electron chi connectivity index (χ3n) is 4.15. The molecule has 0 saturated heterocycles. The van der Waals surface area contributed by atoms with Gasteiger partial charge < -0.3 is 5.32 Å². The highest BCUT2D eigenvalue weighted by Gasteiger charge is 2.30. The van der Waals surface area contributed by atoms with E-state index in [1.54, 1.807) is 6.92 Å². The second-order valence-electron chi connectivity index (χ2n) is 6.40. The average molecular weight is 454 g/mol. The van der Waals surface area contributed by atoms with Crippen molar-refractivity contribution in [3.05, 3.63) is 76.3 Å². The highest BCUT2D eigenvalue weighted by molar-refractivity contribution is 6.32. The first-order valence-electron chi connectivity index (χ1n) is 8.89. The number of nitrogens with one attached hydrogen (secondary N) is 2. The number of benzene rings is 2. The second kappa shape index (κ2) is 9.17. The van der Waals surface area contributed by atoms with Crippen LogP contribution in [0.4, 0.5) is 23.2 Å². The maximum atomic E-state index is 13.0. The van der Waals surface area contributed by atoms with Gasteiger partial charge in [-0.1, -0.05) is 17.7 Å². The lowest BCUT2D eigenvalue weighted by Gasteiger charge is -2.09. The average Bonchev–Trinajstić information content (AvgIpc) is 3.01. The lowest BCUT2D eigenvalue weighted by Crippen LogP contribution is -2.25. The number of alkyl halides is 3. The molecular weight excluding hydrogens is 438 g/mol. The maximum Gasteiger partial charge on any atom is 0.416 e. The van der Waals surface area contributed by atoms with Gasteiger partial charge in [0, 0.05) is 5.69 Å². The van der Waals surface area contributed by atoms with Crippen LogP contribution in [0.1, 0.15) is 16.8 Å². The Balaban J connectivity index is 1.67. The van der Waals surface area contributed by atoms with E-state index in [1.807, 2.05) is 0 Å². The Morgan fingerprint density at radius 2 is 1.94 bits per heavy atom. The Bertz CT molecular complexity index is 1110. The summed E-state index contributed by atoms with van der Waals surface area (Å²) in [5.74, 6) is -0.864. The van der Waals surface area contributed by atoms with Crippen LogP contribution in [0, 0.1) is 12.7 Å². The molecule has 3 rings (SSSR count). The molecule has 3 aromatic rings. The minimum absolute atomic E-state index is 0.0410. The third-order valence-corrected chi connectivity index (χ3v) is 4.51. The van der Waals surface area contributed by atoms with E-state index in [-0.39, 0.29) is 17.4 Å². The fraction of sp³-hybridized carbons (Fsp3) is 0.150. The van der Waals surface area contributed by atoms with Crippen molar-refractivity contribution in [1.82, 2.24) is 15.2 Å². The number of rotatable bonds is 6. The number of aromatic nitrogens is 2. The molecule has 1 amide bonds. The van der Waals surface area contributed by atoms with Crippen molar-refractivity contribution >= 4 is 29.4 Å². The van der Waals surface area contributed by atoms with Crippen LogP contribution < -0.4 is 10.7 Å². The first kappa shape index (κ1) is 22.3. The molecule has 0 atom stereocenters. The fourth-order valence-electron chi connectivity index (χ4n) is 2.60. The van der Waals surface area contributed by atoms with Crippen molar-refractivity contribution in [2.45, 2.75) is 13.1 Å². The third kappa shape index (κ3) is 5.60. The molecule has 0 fully saturated rings.